The smallest absolute Gasteiger partial charge is 0.304 e. The van der Waals surface area contributed by atoms with Gasteiger partial charge in [-0.2, -0.15) is 4.98 Å². The third-order valence-electron chi connectivity index (χ3n) is 5.36. The van der Waals surface area contributed by atoms with Gasteiger partial charge in [-0.1, -0.05) is 16.8 Å². The first-order valence-electron chi connectivity index (χ1n) is 9.33. The van der Waals surface area contributed by atoms with Crippen molar-refractivity contribution in [1.82, 2.24) is 20.1 Å². The Balaban J connectivity index is 1.52. The van der Waals surface area contributed by atoms with E-state index < -0.39 is 5.97 Å². The Labute approximate surface area is 170 Å². The molecule has 8 heteroatoms. The van der Waals surface area contributed by atoms with Crippen molar-refractivity contribution in [2.45, 2.75) is 32.1 Å². The summed E-state index contributed by atoms with van der Waals surface area (Å²) < 4.78 is 5.44. The molecule has 29 heavy (non-hydrogen) atoms. The third kappa shape index (κ3) is 3.17. The zero-order valence-corrected chi connectivity index (χ0v) is 16.3. The number of carboxylic acid groups (broad SMARTS) is 1. The lowest BCUT2D eigenvalue weighted by molar-refractivity contribution is -0.137. The molecule has 0 fully saturated rings. The molecule has 1 unspecified atom stereocenters. The summed E-state index contributed by atoms with van der Waals surface area (Å²) >= 11 is 6.03. The predicted molar refractivity (Wildman–Crippen MR) is 108 cm³/mol. The number of aromatic nitrogens is 4. The zero-order valence-electron chi connectivity index (χ0n) is 15.6. The minimum Gasteiger partial charge on any atom is -0.481 e. The van der Waals surface area contributed by atoms with Crippen molar-refractivity contribution < 1.29 is 14.4 Å². The lowest BCUT2D eigenvalue weighted by Gasteiger charge is -2.05. The van der Waals surface area contributed by atoms with Crippen LogP contribution in [0.15, 0.2) is 34.9 Å². The van der Waals surface area contributed by atoms with Crippen molar-refractivity contribution in [3.05, 3.63) is 52.4 Å². The second kappa shape index (κ2) is 6.70. The zero-order chi connectivity index (χ0) is 20.1. The normalized spacial score (nSPS) is 15.7. The number of aromatic amines is 1. The summed E-state index contributed by atoms with van der Waals surface area (Å²) in [4.78, 5) is 23.2. The highest BCUT2D eigenvalue weighted by atomic mass is 35.5. The Morgan fingerprint density at radius 2 is 2.14 bits per heavy atom. The fourth-order valence-electron chi connectivity index (χ4n) is 4.11. The summed E-state index contributed by atoms with van der Waals surface area (Å²) in [5, 5.41) is 14.7. The molecule has 0 spiro atoms. The quantitative estimate of drug-likeness (QED) is 0.472. The minimum atomic E-state index is -0.770. The molecular formula is C21H17ClN4O3. The molecule has 0 radical (unpaired) electrons. The number of fused-ring (bicyclic) bond motifs is 3. The fourth-order valence-corrected chi connectivity index (χ4v) is 4.36. The molecule has 0 saturated heterocycles. The molecule has 4 aromatic rings. The van der Waals surface area contributed by atoms with Crippen molar-refractivity contribution in [3.63, 3.8) is 0 Å². The van der Waals surface area contributed by atoms with Gasteiger partial charge in [-0.3, -0.25) is 4.79 Å². The van der Waals surface area contributed by atoms with E-state index in [4.69, 9.17) is 21.2 Å². The number of benzene rings is 1. The summed E-state index contributed by atoms with van der Waals surface area (Å²) in [5.74, 6) is 0.138. The van der Waals surface area contributed by atoms with E-state index in [0.29, 0.717) is 16.9 Å². The number of hydrogen-bond donors (Lipinski definition) is 2. The highest BCUT2D eigenvalue weighted by Crippen LogP contribution is 2.40. The lowest BCUT2D eigenvalue weighted by Crippen LogP contribution is -2.03. The first kappa shape index (κ1) is 17.9. The van der Waals surface area contributed by atoms with Gasteiger partial charge >= 0.3 is 5.97 Å². The van der Waals surface area contributed by atoms with Crippen molar-refractivity contribution in [2.24, 2.45) is 0 Å². The van der Waals surface area contributed by atoms with E-state index in [1.807, 2.05) is 31.2 Å². The molecule has 0 saturated carbocycles. The molecule has 5 rings (SSSR count). The summed E-state index contributed by atoms with van der Waals surface area (Å²) in [5.41, 5.74) is 5.56. The Hall–Kier alpha value is -3.19. The molecular weight excluding hydrogens is 392 g/mol. The maximum atomic E-state index is 11.1. The molecule has 146 valence electrons. The van der Waals surface area contributed by atoms with Crippen LogP contribution in [0.5, 0.6) is 0 Å². The number of nitrogens with zero attached hydrogens (tertiary/aromatic N) is 3. The number of rotatable bonds is 4. The van der Waals surface area contributed by atoms with Crippen LogP contribution >= 0.6 is 11.6 Å². The number of H-pyrrole nitrogens is 1. The molecule has 1 aromatic carbocycles. The van der Waals surface area contributed by atoms with Crippen LogP contribution in [0.25, 0.3) is 33.7 Å². The first-order chi connectivity index (χ1) is 14.0. The van der Waals surface area contributed by atoms with Gasteiger partial charge in [-0.05, 0) is 55.7 Å². The maximum Gasteiger partial charge on any atom is 0.304 e. The van der Waals surface area contributed by atoms with Crippen LogP contribution in [0.1, 0.15) is 35.7 Å². The van der Waals surface area contributed by atoms with Gasteiger partial charge in [0.15, 0.2) is 0 Å². The third-order valence-corrected chi connectivity index (χ3v) is 5.56. The van der Waals surface area contributed by atoms with Crippen molar-refractivity contribution in [1.29, 1.82) is 0 Å². The standard InChI is InChI=1S/C21H17ClN4O3/c1-10-6-13(8-17(22)23-10)21-25-20(26-29-21)12-3-5-16-15(7-12)14-4-2-11(9-18(27)28)19(14)24-16/h3,5-8,11,24H,2,4,9H2,1H3,(H,27,28). The van der Waals surface area contributed by atoms with Crippen LogP contribution in [0.2, 0.25) is 5.15 Å². The Kier molecular flexibility index (Phi) is 4.13. The largest absolute Gasteiger partial charge is 0.481 e. The average molecular weight is 409 g/mol. The summed E-state index contributed by atoms with van der Waals surface area (Å²) in [6, 6.07) is 9.47. The number of carbonyl (C=O) groups is 1. The van der Waals surface area contributed by atoms with Crippen LogP contribution in [0, 0.1) is 6.92 Å². The van der Waals surface area contributed by atoms with Crippen LogP contribution in [-0.2, 0) is 11.2 Å². The molecule has 1 aliphatic rings. The molecule has 7 nitrogen and oxygen atoms in total. The van der Waals surface area contributed by atoms with Gasteiger partial charge in [0, 0.05) is 39.3 Å². The molecule has 2 N–H and O–H groups in total. The van der Waals surface area contributed by atoms with Crippen LogP contribution in [0.3, 0.4) is 0 Å². The second-order valence-corrected chi connectivity index (χ2v) is 7.74. The van der Waals surface area contributed by atoms with E-state index in [-0.39, 0.29) is 12.3 Å². The predicted octanol–water partition coefficient (Wildman–Crippen LogP) is 4.75. The van der Waals surface area contributed by atoms with E-state index in [2.05, 4.69) is 20.1 Å². The number of hydrogen-bond acceptors (Lipinski definition) is 5. The van der Waals surface area contributed by atoms with Crippen LogP contribution < -0.4 is 0 Å². The van der Waals surface area contributed by atoms with Gasteiger partial charge in [0.2, 0.25) is 5.82 Å². The van der Waals surface area contributed by atoms with E-state index in [1.54, 1.807) is 6.07 Å². The molecule has 1 aliphatic carbocycles. The first-order valence-corrected chi connectivity index (χ1v) is 9.70. The van der Waals surface area contributed by atoms with Crippen LogP contribution in [0.4, 0.5) is 0 Å². The Morgan fingerprint density at radius 1 is 1.28 bits per heavy atom. The summed E-state index contributed by atoms with van der Waals surface area (Å²) in [6.07, 6.45) is 1.86. The van der Waals surface area contributed by atoms with Gasteiger partial charge in [-0.25, -0.2) is 4.98 Å². The van der Waals surface area contributed by atoms with Crippen LogP contribution in [-0.4, -0.2) is 31.2 Å². The molecule has 0 amide bonds. The van der Waals surface area contributed by atoms with E-state index in [1.165, 1.54) is 5.56 Å². The SMILES string of the molecule is Cc1cc(-c2nc(-c3ccc4[nH]c5c(c4c3)CCC5CC(=O)O)no2)cc(Cl)n1. The highest BCUT2D eigenvalue weighted by molar-refractivity contribution is 6.29. The second-order valence-electron chi connectivity index (χ2n) is 7.35. The van der Waals surface area contributed by atoms with Gasteiger partial charge < -0.3 is 14.6 Å². The lowest BCUT2D eigenvalue weighted by atomic mass is 10.0. The number of carboxylic acids is 1. The number of halogens is 1. The van der Waals surface area contributed by atoms with Gasteiger partial charge in [0.1, 0.15) is 5.15 Å². The number of aliphatic carboxylic acids is 1. The number of aryl methyl sites for hydroxylation is 2. The maximum absolute atomic E-state index is 11.1. The summed E-state index contributed by atoms with van der Waals surface area (Å²) in [6.45, 7) is 1.85. The molecule has 3 heterocycles. The summed E-state index contributed by atoms with van der Waals surface area (Å²) in [7, 11) is 0. The minimum absolute atomic E-state index is 0.0369. The Morgan fingerprint density at radius 3 is 2.93 bits per heavy atom. The number of pyridine rings is 1. The molecule has 0 aliphatic heterocycles. The van der Waals surface area contributed by atoms with E-state index in [9.17, 15) is 4.79 Å². The molecule has 1 atom stereocenters. The van der Waals surface area contributed by atoms with E-state index in [0.717, 1.165) is 46.3 Å². The van der Waals surface area contributed by atoms with E-state index >= 15 is 0 Å². The van der Waals surface area contributed by atoms with Gasteiger partial charge in [-0.15, -0.1) is 0 Å². The van der Waals surface area contributed by atoms with Gasteiger partial charge in [0.05, 0.1) is 6.42 Å². The van der Waals surface area contributed by atoms with Gasteiger partial charge in [0.25, 0.3) is 5.89 Å². The average Bonchev–Trinajstić information content (AvgIpc) is 3.36. The fraction of sp³-hybridized carbons (Fsp3) is 0.238. The molecule has 3 aromatic heterocycles. The van der Waals surface area contributed by atoms with Crippen molar-refractivity contribution in [2.75, 3.05) is 0 Å². The topological polar surface area (TPSA) is 105 Å². The van der Waals surface area contributed by atoms with Crippen molar-refractivity contribution >= 4 is 28.5 Å². The van der Waals surface area contributed by atoms with Crippen molar-refractivity contribution in [3.8, 4) is 22.8 Å². The highest BCUT2D eigenvalue weighted by Gasteiger charge is 2.28. The number of nitrogens with one attached hydrogen (secondary N) is 1. The Bertz CT molecular complexity index is 1240. The molecule has 0 bridgehead atoms. The monoisotopic (exact) mass is 408 g/mol.